The second-order valence-corrected chi connectivity index (χ2v) is 9.08. The van der Waals surface area contributed by atoms with E-state index in [-0.39, 0.29) is 10.8 Å². The minimum absolute atomic E-state index is 0.229. The lowest BCUT2D eigenvalue weighted by Crippen LogP contribution is -2.35. The van der Waals surface area contributed by atoms with Crippen LogP contribution >= 0.6 is 0 Å². The normalized spacial score (nSPS) is 15.7. The van der Waals surface area contributed by atoms with Crippen LogP contribution in [0.3, 0.4) is 0 Å². The van der Waals surface area contributed by atoms with Crippen LogP contribution in [0.15, 0.2) is 35.2 Å². The molecule has 0 saturated carbocycles. The van der Waals surface area contributed by atoms with E-state index in [1.165, 1.54) is 10.4 Å². The molecule has 0 aliphatic carbocycles. The fourth-order valence-electron chi connectivity index (χ4n) is 3.37. The first kappa shape index (κ1) is 19.6. The van der Waals surface area contributed by atoms with Crippen LogP contribution in [-0.2, 0) is 23.6 Å². The Morgan fingerprint density at radius 3 is 2.33 bits per heavy atom. The summed E-state index contributed by atoms with van der Waals surface area (Å²) in [4.78, 5) is 12.9. The summed E-state index contributed by atoms with van der Waals surface area (Å²) >= 11 is 0. The van der Waals surface area contributed by atoms with Gasteiger partial charge in [-0.15, -0.1) is 0 Å². The molecule has 1 aromatic heterocycles. The standard InChI is InChI=1S/C20H27N3O3S/c1-15-7-9-17(10-8-15)14-21-20(24)18-13-19(16(2)22(18)3)27(25,26)23-11-5-4-6-12-23/h7-10,13H,4-6,11-12,14H2,1-3H3,(H,21,24). The molecule has 0 spiro atoms. The zero-order valence-electron chi connectivity index (χ0n) is 16.2. The molecule has 1 aliphatic rings. The van der Waals surface area contributed by atoms with Gasteiger partial charge in [-0.3, -0.25) is 4.79 Å². The number of carbonyl (C=O) groups excluding carboxylic acids is 1. The number of carbonyl (C=O) groups is 1. The molecule has 2 heterocycles. The molecule has 146 valence electrons. The first-order chi connectivity index (χ1) is 12.8. The van der Waals surface area contributed by atoms with Gasteiger partial charge in [-0.2, -0.15) is 4.31 Å². The van der Waals surface area contributed by atoms with E-state index in [9.17, 15) is 13.2 Å². The maximum atomic E-state index is 13.0. The zero-order valence-corrected chi connectivity index (χ0v) is 17.0. The van der Waals surface area contributed by atoms with Gasteiger partial charge in [0.1, 0.15) is 10.6 Å². The van der Waals surface area contributed by atoms with Crippen LogP contribution in [0.4, 0.5) is 0 Å². The molecule has 1 fully saturated rings. The van der Waals surface area contributed by atoms with Crippen molar-refractivity contribution in [2.75, 3.05) is 13.1 Å². The summed E-state index contributed by atoms with van der Waals surface area (Å²) in [6.07, 6.45) is 2.83. The summed E-state index contributed by atoms with van der Waals surface area (Å²) in [6, 6.07) is 9.44. The maximum Gasteiger partial charge on any atom is 0.268 e. The fraction of sp³-hybridized carbons (Fsp3) is 0.450. The molecule has 1 N–H and O–H groups in total. The highest BCUT2D eigenvalue weighted by atomic mass is 32.2. The first-order valence-corrected chi connectivity index (χ1v) is 10.7. The molecule has 1 amide bonds. The SMILES string of the molecule is Cc1ccc(CNC(=O)c2cc(S(=O)(=O)N3CCCCC3)c(C)n2C)cc1. The van der Waals surface area contributed by atoms with Crippen molar-refractivity contribution in [1.29, 1.82) is 0 Å². The molecule has 0 radical (unpaired) electrons. The predicted molar refractivity (Wildman–Crippen MR) is 105 cm³/mol. The number of piperidine rings is 1. The van der Waals surface area contributed by atoms with Crippen molar-refractivity contribution >= 4 is 15.9 Å². The molecule has 6 nitrogen and oxygen atoms in total. The Kier molecular flexibility index (Phi) is 5.72. The summed E-state index contributed by atoms with van der Waals surface area (Å²) in [7, 11) is -1.84. The molecule has 7 heteroatoms. The number of benzene rings is 1. The summed E-state index contributed by atoms with van der Waals surface area (Å²) in [6.45, 7) is 5.25. The van der Waals surface area contributed by atoms with Crippen molar-refractivity contribution in [3.63, 3.8) is 0 Å². The third-order valence-electron chi connectivity index (χ3n) is 5.23. The molecule has 1 aliphatic heterocycles. The van der Waals surface area contributed by atoms with E-state index in [0.717, 1.165) is 30.4 Å². The molecule has 1 aromatic carbocycles. The quantitative estimate of drug-likeness (QED) is 0.855. The maximum absolute atomic E-state index is 13.0. The average molecular weight is 390 g/mol. The van der Waals surface area contributed by atoms with Crippen LogP contribution in [0.2, 0.25) is 0 Å². The topological polar surface area (TPSA) is 71.4 Å². The summed E-state index contributed by atoms with van der Waals surface area (Å²) in [5.74, 6) is -0.277. The Morgan fingerprint density at radius 2 is 1.70 bits per heavy atom. The Morgan fingerprint density at radius 1 is 1.07 bits per heavy atom. The second-order valence-electron chi connectivity index (χ2n) is 7.17. The average Bonchev–Trinajstić information content (AvgIpc) is 2.97. The Hall–Kier alpha value is -2.12. The minimum atomic E-state index is -3.57. The molecule has 3 rings (SSSR count). The van der Waals surface area contributed by atoms with Gasteiger partial charge in [0.05, 0.1) is 0 Å². The number of nitrogens with zero attached hydrogens (tertiary/aromatic N) is 2. The smallest absolute Gasteiger partial charge is 0.268 e. The molecule has 0 bridgehead atoms. The molecule has 2 aromatic rings. The van der Waals surface area contributed by atoms with E-state index >= 15 is 0 Å². The van der Waals surface area contributed by atoms with E-state index in [4.69, 9.17) is 0 Å². The van der Waals surface area contributed by atoms with Gasteiger partial charge in [0.2, 0.25) is 10.0 Å². The van der Waals surface area contributed by atoms with E-state index in [1.807, 2.05) is 31.2 Å². The molecule has 0 unspecified atom stereocenters. The molecule has 0 atom stereocenters. The van der Waals surface area contributed by atoms with Crippen molar-refractivity contribution in [2.45, 2.75) is 44.6 Å². The highest BCUT2D eigenvalue weighted by Gasteiger charge is 2.30. The summed E-state index contributed by atoms with van der Waals surface area (Å²) in [5, 5.41) is 2.88. The minimum Gasteiger partial charge on any atom is -0.347 e. The van der Waals surface area contributed by atoms with Gasteiger partial charge in [0, 0.05) is 32.4 Å². The van der Waals surface area contributed by atoms with Crippen molar-refractivity contribution < 1.29 is 13.2 Å². The van der Waals surface area contributed by atoms with Gasteiger partial charge < -0.3 is 9.88 Å². The number of nitrogens with one attached hydrogen (secondary N) is 1. The molecule has 1 saturated heterocycles. The van der Waals surface area contributed by atoms with Gasteiger partial charge in [-0.05, 0) is 38.3 Å². The van der Waals surface area contributed by atoms with Crippen LogP contribution in [0.5, 0.6) is 0 Å². The lowest BCUT2D eigenvalue weighted by Gasteiger charge is -2.25. The number of aryl methyl sites for hydroxylation is 1. The van der Waals surface area contributed by atoms with Crippen molar-refractivity contribution in [3.8, 4) is 0 Å². The van der Waals surface area contributed by atoms with Crippen LogP contribution in [-0.4, -0.2) is 36.3 Å². The van der Waals surface area contributed by atoms with Gasteiger partial charge >= 0.3 is 0 Å². The molecular weight excluding hydrogens is 362 g/mol. The Labute approximate surface area is 161 Å². The van der Waals surface area contributed by atoms with Crippen LogP contribution < -0.4 is 5.32 Å². The monoisotopic (exact) mass is 389 g/mol. The van der Waals surface area contributed by atoms with E-state index in [0.29, 0.717) is 31.0 Å². The van der Waals surface area contributed by atoms with Gasteiger partial charge in [0.15, 0.2) is 0 Å². The first-order valence-electron chi connectivity index (χ1n) is 9.31. The van der Waals surface area contributed by atoms with Crippen molar-refractivity contribution in [3.05, 3.63) is 52.8 Å². The van der Waals surface area contributed by atoms with Crippen LogP contribution in [0.25, 0.3) is 0 Å². The molecule has 27 heavy (non-hydrogen) atoms. The Balaban J connectivity index is 1.79. The zero-order chi connectivity index (χ0) is 19.6. The number of hydrogen-bond acceptors (Lipinski definition) is 3. The third-order valence-corrected chi connectivity index (χ3v) is 7.24. The van der Waals surface area contributed by atoms with E-state index in [1.54, 1.807) is 18.5 Å². The largest absolute Gasteiger partial charge is 0.347 e. The second kappa shape index (κ2) is 7.86. The van der Waals surface area contributed by atoms with Gasteiger partial charge in [-0.1, -0.05) is 36.2 Å². The number of rotatable bonds is 5. The highest BCUT2D eigenvalue weighted by molar-refractivity contribution is 7.89. The lowest BCUT2D eigenvalue weighted by atomic mass is 10.1. The van der Waals surface area contributed by atoms with E-state index < -0.39 is 10.0 Å². The number of hydrogen-bond donors (Lipinski definition) is 1. The number of sulfonamides is 1. The molecular formula is C20H27N3O3S. The lowest BCUT2D eigenvalue weighted by molar-refractivity contribution is 0.0942. The van der Waals surface area contributed by atoms with Crippen molar-refractivity contribution in [1.82, 2.24) is 14.2 Å². The van der Waals surface area contributed by atoms with Crippen LogP contribution in [0.1, 0.15) is 46.6 Å². The fourth-order valence-corrected chi connectivity index (χ4v) is 5.16. The third kappa shape index (κ3) is 4.09. The van der Waals surface area contributed by atoms with Gasteiger partial charge in [0.25, 0.3) is 5.91 Å². The number of aromatic nitrogens is 1. The van der Waals surface area contributed by atoms with E-state index in [2.05, 4.69) is 5.32 Å². The Bertz CT molecular complexity index is 924. The number of amides is 1. The highest BCUT2D eigenvalue weighted by Crippen LogP contribution is 2.25. The van der Waals surface area contributed by atoms with Crippen LogP contribution in [0, 0.1) is 13.8 Å². The summed E-state index contributed by atoms with van der Waals surface area (Å²) < 4.78 is 29.2. The van der Waals surface area contributed by atoms with Crippen molar-refractivity contribution in [2.24, 2.45) is 7.05 Å². The predicted octanol–water partition coefficient (Wildman–Crippen LogP) is 2.75. The summed E-state index contributed by atoms with van der Waals surface area (Å²) in [5.41, 5.74) is 3.10. The van der Waals surface area contributed by atoms with Gasteiger partial charge in [-0.25, -0.2) is 8.42 Å².